The van der Waals surface area contributed by atoms with Crippen molar-refractivity contribution in [1.82, 2.24) is 4.90 Å². The van der Waals surface area contributed by atoms with Crippen molar-refractivity contribution in [2.75, 3.05) is 6.54 Å². The molecule has 0 unspecified atom stereocenters. The zero-order valence-electron chi connectivity index (χ0n) is 9.79. The van der Waals surface area contributed by atoms with E-state index in [0.29, 0.717) is 6.54 Å². The fourth-order valence-corrected chi connectivity index (χ4v) is 2.87. The van der Waals surface area contributed by atoms with Gasteiger partial charge in [-0.2, -0.15) is 0 Å². The summed E-state index contributed by atoms with van der Waals surface area (Å²) >= 11 is 4.92. The summed E-state index contributed by atoms with van der Waals surface area (Å²) in [4.78, 5) is 14.8. The van der Waals surface area contributed by atoms with Gasteiger partial charge < -0.3 is 4.90 Å². The van der Waals surface area contributed by atoms with Gasteiger partial charge >= 0.3 is 0 Å². The summed E-state index contributed by atoms with van der Waals surface area (Å²) in [6, 6.07) is 2.11. The Bertz CT molecular complexity index is 378. The molecule has 0 atom stereocenters. The molecule has 0 fully saturated rings. The molecule has 1 aromatic heterocycles. The van der Waals surface area contributed by atoms with Gasteiger partial charge in [-0.3, -0.25) is 4.79 Å². The lowest BCUT2D eigenvalue weighted by Gasteiger charge is -2.24. The van der Waals surface area contributed by atoms with Crippen molar-refractivity contribution < 1.29 is 4.79 Å². The van der Waals surface area contributed by atoms with Crippen LogP contribution in [0.1, 0.15) is 29.1 Å². The van der Waals surface area contributed by atoms with Crippen molar-refractivity contribution >= 4 is 33.2 Å². The maximum absolute atomic E-state index is 12.2. The van der Waals surface area contributed by atoms with Gasteiger partial charge in [-0.15, -0.1) is 17.9 Å². The standard InChI is InChI=1S/C12H16BrNOS/c1-5-6-14(8(2)3)12(15)10-7-9(4)11(13)16-10/h5,7-8H,1,6H2,2-4H3. The number of carbonyl (C=O) groups excluding carboxylic acids is 1. The van der Waals surface area contributed by atoms with Crippen molar-refractivity contribution in [3.05, 3.63) is 32.9 Å². The van der Waals surface area contributed by atoms with Crippen molar-refractivity contribution in [2.45, 2.75) is 26.8 Å². The number of nitrogens with zero attached hydrogens (tertiary/aromatic N) is 1. The van der Waals surface area contributed by atoms with Crippen LogP contribution in [0, 0.1) is 6.92 Å². The summed E-state index contributed by atoms with van der Waals surface area (Å²) in [5, 5.41) is 0. The van der Waals surface area contributed by atoms with Crippen LogP contribution in [0.25, 0.3) is 0 Å². The van der Waals surface area contributed by atoms with E-state index in [1.165, 1.54) is 11.3 Å². The molecule has 0 aliphatic rings. The molecule has 0 N–H and O–H groups in total. The van der Waals surface area contributed by atoms with Gasteiger partial charge in [0, 0.05) is 12.6 Å². The lowest BCUT2D eigenvalue weighted by molar-refractivity contribution is 0.0733. The number of rotatable bonds is 4. The molecular formula is C12H16BrNOS. The van der Waals surface area contributed by atoms with Crippen LogP contribution in [0.3, 0.4) is 0 Å². The maximum Gasteiger partial charge on any atom is 0.264 e. The predicted octanol–water partition coefficient (Wildman–Crippen LogP) is 3.86. The normalized spacial score (nSPS) is 10.6. The van der Waals surface area contributed by atoms with Crippen LogP contribution in [0.5, 0.6) is 0 Å². The Kier molecular flexibility index (Phi) is 4.74. The quantitative estimate of drug-likeness (QED) is 0.774. The lowest BCUT2D eigenvalue weighted by atomic mass is 10.2. The van der Waals surface area contributed by atoms with Crippen molar-refractivity contribution in [3.63, 3.8) is 0 Å². The van der Waals surface area contributed by atoms with Gasteiger partial charge in [-0.05, 0) is 48.3 Å². The summed E-state index contributed by atoms with van der Waals surface area (Å²) in [5.41, 5.74) is 1.11. The molecule has 0 bridgehead atoms. The fraction of sp³-hybridized carbons (Fsp3) is 0.417. The van der Waals surface area contributed by atoms with Gasteiger partial charge in [0.2, 0.25) is 0 Å². The third kappa shape index (κ3) is 2.95. The highest BCUT2D eigenvalue weighted by atomic mass is 79.9. The largest absolute Gasteiger partial charge is 0.332 e. The number of hydrogen-bond acceptors (Lipinski definition) is 2. The number of carbonyl (C=O) groups is 1. The Morgan fingerprint density at radius 3 is 2.69 bits per heavy atom. The van der Waals surface area contributed by atoms with Gasteiger partial charge in [-0.1, -0.05) is 6.08 Å². The number of aryl methyl sites for hydroxylation is 1. The van der Waals surface area contributed by atoms with Crippen LogP contribution in [-0.2, 0) is 0 Å². The average Bonchev–Trinajstić information content (AvgIpc) is 2.54. The third-order valence-electron chi connectivity index (χ3n) is 2.28. The van der Waals surface area contributed by atoms with E-state index in [1.807, 2.05) is 31.7 Å². The van der Waals surface area contributed by atoms with Crippen LogP contribution in [0.15, 0.2) is 22.5 Å². The van der Waals surface area contributed by atoms with E-state index in [0.717, 1.165) is 14.2 Å². The SMILES string of the molecule is C=CCN(C(=O)c1cc(C)c(Br)s1)C(C)C. The molecule has 2 nitrogen and oxygen atoms in total. The Balaban J connectivity index is 2.94. The topological polar surface area (TPSA) is 20.3 Å². The Hall–Kier alpha value is -0.610. The first-order valence-electron chi connectivity index (χ1n) is 5.15. The van der Waals surface area contributed by atoms with E-state index in [4.69, 9.17) is 0 Å². The summed E-state index contributed by atoms with van der Waals surface area (Å²) in [6.45, 7) is 10.3. The zero-order valence-corrected chi connectivity index (χ0v) is 12.2. The molecule has 0 aromatic carbocycles. The van der Waals surface area contributed by atoms with E-state index >= 15 is 0 Å². The molecule has 1 amide bonds. The van der Waals surface area contributed by atoms with Crippen LogP contribution in [0.4, 0.5) is 0 Å². The molecule has 1 heterocycles. The third-order valence-corrected chi connectivity index (χ3v) is 4.40. The lowest BCUT2D eigenvalue weighted by Crippen LogP contribution is -2.36. The predicted molar refractivity (Wildman–Crippen MR) is 73.1 cm³/mol. The highest BCUT2D eigenvalue weighted by molar-refractivity contribution is 9.11. The van der Waals surface area contributed by atoms with E-state index in [1.54, 1.807) is 6.08 Å². The van der Waals surface area contributed by atoms with Crippen LogP contribution >= 0.6 is 27.3 Å². The second-order valence-electron chi connectivity index (χ2n) is 3.91. The first-order valence-corrected chi connectivity index (χ1v) is 6.76. The minimum absolute atomic E-state index is 0.0775. The average molecular weight is 302 g/mol. The first kappa shape index (κ1) is 13.5. The summed E-state index contributed by atoms with van der Waals surface area (Å²) in [6.07, 6.45) is 1.76. The number of thiophene rings is 1. The molecule has 1 aromatic rings. The molecule has 0 aliphatic heterocycles. The molecule has 16 heavy (non-hydrogen) atoms. The Morgan fingerprint density at radius 1 is 1.69 bits per heavy atom. The van der Waals surface area contributed by atoms with E-state index in [-0.39, 0.29) is 11.9 Å². The summed E-state index contributed by atoms with van der Waals surface area (Å²) in [5.74, 6) is 0.0775. The van der Waals surface area contributed by atoms with Crippen molar-refractivity contribution in [3.8, 4) is 0 Å². The van der Waals surface area contributed by atoms with E-state index in [2.05, 4.69) is 22.5 Å². The minimum atomic E-state index is 0.0775. The van der Waals surface area contributed by atoms with Crippen molar-refractivity contribution in [2.24, 2.45) is 0 Å². The highest BCUT2D eigenvalue weighted by Crippen LogP contribution is 2.28. The molecule has 0 saturated carbocycles. The fourth-order valence-electron chi connectivity index (χ4n) is 1.37. The molecule has 0 saturated heterocycles. The maximum atomic E-state index is 12.2. The smallest absolute Gasteiger partial charge is 0.264 e. The van der Waals surface area contributed by atoms with Gasteiger partial charge in [0.25, 0.3) is 5.91 Å². The molecule has 1 rings (SSSR count). The highest BCUT2D eigenvalue weighted by Gasteiger charge is 2.19. The van der Waals surface area contributed by atoms with Crippen LogP contribution < -0.4 is 0 Å². The summed E-state index contributed by atoms with van der Waals surface area (Å²) < 4.78 is 1.03. The molecule has 4 heteroatoms. The van der Waals surface area contributed by atoms with E-state index in [9.17, 15) is 4.79 Å². The number of halogens is 1. The second kappa shape index (κ2) is 5.64. The Labute approximate surface area is 109 Å². The van der Waals surface area contributed by atoms with Gasteiger partial charge in [0.05, 0.1) is 8.66 Å². The zero-order chi connectivity index (χ0) is 12.3. The number of hydrogen-bond donors (Lipinski definition) is 0. The monoisotopic (exact) mass is 301 g/mol. The van der Waals surface area contributed by atoms with Crippen LogP contribution in [-0.4, -0.2) is 23.4 Å². The molecule has 0 aliphatic carbocycles. The van der Waals surface area contributed by atoms with Gasteiger partial charge in [-0.25, -0.2) is 0 Å². The van der Waals surface area contributed by atoms with Crippen LogP contribution in [0.2, 0.25) is 0 Å². The summed E-state index contributed by atoms with van der Waals surface area (Å²) in [7, 11) is 0. The van der Waals surface area contributed by atoms with Gasteiger partial charge in [0.1, 0.15) is 0 Å². The van der Waals surface area contributed by atoms with Gasteiger partial charge in [0.15, 0.2) is 0 Å². The second-order valence-corrected chi connectivity index (χ2v) is 6.28. The number of amides is 1. The minimum Gasteiger partial charge on any atom is -0.332 e. The molecule has 0 radical (unpaired) electrons. The molecule has 0 spiro atoms. The first-order chi connectivity index (χ1) is 7.47. The van der Waals surface area contributed by atoms with E-state index < -0.39 is 0 Å². The van der Waals surface area contributed by atoms with Crippen molar-refractivity contribution in [1.29, 1.82) is 0 Å². The Morgan fingerprint density at radius 2 is 2.31 bits per heavy atom. The molecular weight excluding hydrogens is 286 g/mol. The molecule has 88 valence electrons.